The maximum atomic E-state index is 5.74. The summed E-state index contributed by atoms with van der Waals surface area (Å²) < 4.78 is 5.68. The molecular weight excluding hydrogens is 346 g/mol. The van der Waals surface area contributed by atoms with Crippen molar-refractivity contribution in [3.63, 3.8) is 0 Å². The van der Waals surface area contributed by atoms with Gasteiger partial charge in [-0.05, 0) is 55.5 Å². The van der Waals surface area contributed by atoms with Crippen molar-refractivity contribution in [2.75, 3.05) is 13.7 Å². The summed E-state index contributed by atoms with van der Waals surface area (Å²) in [5.74, 6) is 0.850. The lowest BCUT2D eigenvalue weighted by Gasteiger charge is -2.10. The van der Waals surface area contributed by atoms with Crippen molar-refractivity contribution in [1.29, 1.82) is 0 Å². The molecule has 4 nitrogen and oxygen atoms in total. The molecule has 4 rings (SSSR count). The molecule has 2 aromatic carbocycles. The first-order chi connectivity index (χ1) is 13.8. The van der Waals surface area contributed by atoms with Crippen molar-refractivity contribution in [2.45, 2.75) is 32.6 Å². The molecule has 2 aromatic heterocycles. The average Bonchev–Trinajstić information content (AvgIpc) is 3.12. The van der Waals surface area contributed by atoms with E-state index < -0.39 is 0 Å². The maximum absolute atomic E-state index is 5.74. The van der Waals surface area contributed by atoms with Gasteiger partial charge in [-0.3, -0.25) is 0 Å². The lowest BCUT2D eigenvalue weighted by molar-refractivity contribution is 0.419. The second-order valence-electron chi connectivity index (χ2n) is 7.14. The molecule has 0 fully saturated rings. The monoisotopic (exact) mass is 373 g/mol. The molecule has 2 heterocycles. The van der Waals surface area contributed by atoms with Crippen LogP contribution in [0.25, 0.3) is 33.2 Å². The number of nitrogens with one attached hydrogen (secondary N) is 1. The van der Waals surface area contributed by atoms with E-state index in [4.69, 9.17) is 15.5 Å². The zero-order valence-electron chi connectivity index (χ0n) is 16.6. The average molecular weight is 374 g/mol. The Hall–Kier alpha value is -2.85. The summed E-state index contributed by atoms with van der Waals surface area (Å²) in [5.41, 5.74) is 12.6. The third-order valence-electron chi connectivity index (χ3n) is 5.44. The van der Waals surface area contributed by atoms with Crippen LogP contribution in [0.2, 0.25) is 0 Å². The number of benzene rings is 2. The largest absolute Gasteiger partial charge is 0.496 e. The number of unbranched alkanes of at least 4 members (excludes halogenated alkanes) is 1. The van der Waals surface area contributed by atoms with Crippen LogP contribution >= 0.6 is 0 Å². The number of fused-ring (bicyclic) bond motifs is 2. The molecular formula is C24H27N3O. The molecule has 0 spiro atoms. The van der Waals surface area contributed by atoms with Crippen molar-refractivity contribution in [2.24, 2.45) is 5.73 Å². The van der Waals surface area contributed by atoms with Crippen molar-refractivity contribution >= 4 is 21.8 Å². The van der Waals surface area contributed by atoms with Gasteiger partial charge in [0, 0.05) is 22.4 Å². The number of hydrogen-bond donors (Lipinski definition) is 2. The van der Waals surface area contributed by atoms with Gasteiger partial charge in [-0.1, -0.05) is 37.3 Å². The van der Waals surface area contributed by atoms with Crippen molar-refractivity contribution in [1.82, 2.24) is 9.97 Å². The Kier molecular flexibility index (Phi) is 5.31. The zero-order valence-corrected chi connectivity index (χ0v) is 16.6. The second kappa shape index (κ2) is 8.03. The standard InChI is InChI=1S/C24H27N3O/c1-3-16-9-8-12-17-18(10-6-7-14-25)24(27-23(16)17)21-15-22(28-2)19-11-4-5-13-20(19)26-21/h4-5,8-9,11-13,15,27H,3,6-7,10,14,25H2,1-2H3. The van der Waals surface area contributed by atoms with Crippen LogP contribution < -0.4 is 10.5 Å². The number of para-hydroxylation sites is 2. The number of H-pyrrole nitrogens is 1. The fourth-order valence-electron chi connectivity index (χ4n) is 3.99. The number of aromatic amines is 1. The number of pyridine rings is 1. The lowest BCUT2D eigenvalue weighted by Crippen LogP contribution is -1.99. The Morgan fingerprint density at radius 3 is 2.64 bits per heavy atom. The molecule has 0 saturated carbocycles. The molecule has 4 aromatic rings. The molecule has 0 amide bonds. The van der Waals surface area contributed by atoms with Gasteiger partial charge in [0.05, 0.1) is 24.0 Å². The number of ether oxygens (including phenoxy) is 1. The van der Waals surface area contributed by atoms with Crippen LogP contribution in [-0.4, -0.2) is 23.6 Å². The SMILES string of the molecule is CCc1cccc2c(CCCCN)c(-c3cc(OC)c4ccccc4n3)[nH]c12. The first-order valence-corrected chi connectivity index (χ1v) is 10.0. The van der Waals surface area contributed by atoms with Crippen molar-refractivity contribution < 1.29 is 4.74 Å². The Labute approximate surface area is 165 Å². The van der Waals surface area contributed by atoms with Gasteiger partial charge in [0.2, 0.25) is 0 Å². The first-order valence-electron chi connectivity index (χ1n) is 10.0. The van der Waals surface area contributed by atoms with E-state index in [1.807, 2.05) is 30.3 Å². The molecule has 0 saturated heterocycles. The summed E-state index contributed by atoms with van der Waals surface area (Å²) in [4.78, 5) is 8.65. The van der Waals surface area contributed by atoms with E-state index in [2.05, 4.69) is 30.1 Å². The Balaban J connectivity index is 1.94. The fourth-order valence-corrected chi connectivity index (χ4v) is 3.99. The van der Waals surface area contributed by atoms with Gasteiger partial charge in [-0.15, -0.1) is 0 Å². The van der Waals surface area contributed by atoms with Crippen LogP contribution in [0, 0.1) is 0 Å². The molecule has 0 bridgehead atoms. The number of aromatic nitrogens is 2. The van der Waals surface area contributed by atoms with Gasteiger partial charge >= 0.3 is 0 Å². The number of rotatable bonds is 7. The van der Waals surface area contributed by atoms with Gasteiger partial charge in [0.25, 0.3) is 0 Å². The van der Waals surface area contributed by atoms with E-state index in [1.54, 1.807) is 7.11 Å². The smallest absolute Gasteiger partial charge is 0.130 e. The molecule has 0 aliphatic carbocycles. The van der Waals surface area contributed by atoms with E-state index in [9.17, 15) is 0 Å². The fraction of sp³-hybridized carbons (Fsp3) is 0.292. The molecule has 0 radical (unpaired) electrons. The van der Waals surface area contributed by atoms with Gasteiger partial charge in [-0.25, -0.2) is 4.98 Å². The van der Waals surface area contributed by atoms with E-state index >= 15 is 0 Å². The summed E-state index contributed by atoms with van der Waals surface area (Å²) in [6.45, 7) is 2.92. The van der Waals surface area contributed by atoms with Gasteiger partial charge in [0.15, 0.2) is 0 Å². The first kappa shape index (κ1) is 18.5. The quantitative estimate of drug-likeness (QED) is 0.436. The van der Waals surface area contributed by atoms with E-state index in [-0.39, 0.29) is 0 Å². The number of nitrogens with two attached hydrogens (primary N) is 1. The summed E-state index contributed by atoms with van der Waals surface area (Å²) >= 11 is 0. The van der Waals surface area contributed by atoms with Crippen LogP contribution in [-0.2, 0) is 12.8 Å². The summed E-state index contributed by atoms with van der Waals surface area (Å²) in [6, 6.07) is 16.7. The van der Waals surface area contributed by atoms with Crippen LogP contribution in [0.5, 0.6) is 5.75 Å². The molecule has 0 unspecified atom stereocenters. The highest BCUT2D eigenvalue weighted by Gasteiger charge is 2.17. The Morgan fingerprint density at radius 1 is 1.04 bits per heavy atom. The van der Waals surface area contributed by atoms with Crippen molar-refractivity contribution in [3.8, 4) is 17.1 Å². The molecule has 144 valence electrons. The molecule has 0 aliphatic heterocycles. The van der Waals surface area contributed by atoms with E-state index in [0.29, 0.717) is 0 Å². The highest BCUT2D eigenvalue weighted by atomic mass is 16.5. The van der Waals surface area contributed by atoms with Crippen LogP contribution in [0.4, 0.5) is 0 Å². The minimum absolute atomic E-state index is 0.722. The zero-order chi connectivity index (χ0) is 19.5. The number of nitrogens with zero attached hydrogens (tertiary/aromatic N) is 1. The molecule has 4 heteroatoms. The van der Waals surface area contributed by atoms with Crippen LogP contribution in [0.3, 0.4) is 0 Å². The maximum Gasteiger partial charge on any atom is 0.130 e. The molecule has 0 atom stereocenters. The van der Waals surface area contributed by atoms with Crippen LogP contribution in [0.1, 0.15) is 30.9 Å². The third kappa shape index (κ3) is 3.25. The summed E-state index contributed by atoms with van der Waals surface area (Å²) in [7, 11) is 1.72. The van der Waals surface area contributed by atoms with Gasteiger partial charge < -0.3 is 15.5 Å². The normalized spacial score (nSPS) is 11.4. The molecule has 0 aliphatic rings. The van der Waals surface area contributed by atoms with E-state index in [1.165, 1.54) is 22.0 Å². The lowest BCUT2D eigenvalue weighted by atomic mass is 10.0. The van der Waals surface area contributed by atoms with Crippen molar-refractivity contribution in [3.05, 3.63) is 59.7 Å². The summed E-state index contributed by atoms with van der Waals surface area (Å²) in [5, 5.41) is 2.32. The predicted octanol–water partition coefficient (Wildman–Crippen LogP) is 5.24. The Morgan fingerprint density at radius 2 is 1.86 bits per heavy atom. The highest BCUT2D eigenvalue weighted by Crippen LogP contribution is 2.36. The third-order valence-corrected chi connectivity index (χ3v) is 5.44. The number of aryl methyl sites for hydroxylation is 2. The Bertz CT molecular complexity index is 1110. The number of hydrogen-bond acceptors (Lipinski definition) is 3. The topological polar surface area (TPSA) is 63.9 Å². The highest BCUT2D eigenvalue weighted by molar-refractivity contribution is 5.94. The van der Waals surface area contributed by atoms with Gasteiger partial charge in [0.1, 0.15) is 5.75 Å². The second-order valence-corrected chi connectivity index (χ2v) is 7.14. The molecule has 3 N–H and O–H groups in total. The predicted molar refractivity (Wildman–Crippen MR) is 117 cm³/mol. The van der Waals surface area contributed by atoms with Crippen LogP contribution in [0.15, 0.2) is 48.5 Å². The van der Waals surface area contributed by atoms with E-state index in [0.717, 1.165) is 60.3 Å². The molecule has 28 heavy (non-hydrogen) atoms. The number of methoxy groups -OCH3 is 1. The van der Waals surface area contributed by atoms with Gasteiger partial charge in [-0.2, -0.15) is 0 Å². The summed E-state index contributed by atoms with van der Waals surface area (Å²) in [6.07, 6.45) is 4.07. The minimum atomic E-state index is 0.722. The minimum Gasteiger partial charge on any atom is -0.496 e.